The average molecular weight is 432 g/mol. The molecular weight excluding hydrogens is 408 g/mol. The molecule has 7 nitrogen and oxygen atoms in total. The molecule has 0 aliphatic heterocycles. The second-order valence-electron chi connectivity index (χ2n) is 8.37. The molecule has 0 saturated heterocycles. The van der Waals surface area contributed by atoms with E-state index in [-0.39, 0.29) is 29.2 Å². The first kappa shape index (κ1) is 22.7. The number of carbonyl (C=O) groups excluding carboxylic acids is 2. The highest BCUT2D eigenvalue weighted by Gasteiger charge is 2.15. The lowest BCUT2D eigenvalue weighted by atomic mass is 9.87. The molecule has 0 radical (unpaired) electrons. The Balaban J connectivity index is 1.64. The van der Waals surface area contributed by atoms with Crippen molar-refractivity contribution in [2.45, 2.75) is 32.8 Å². The number of non-ortho nitro benzene ring substituents is 1. The zero-order valence-electron chi connectivity index (χ0n) is 18.1. The quantitative estimate of drug-likeness (QED) is 0.315. The molecule has 0 aromatic heterocycles. The maximum absolute atomic E-state index is 12.6. The van der Waals surface area contributed by atoms with E-state index in [9.17, 15) is 19.7 Å². The Morgan fingerprint density at radius 1 is 0.938 bits per heavy atom. The number of carbonyl (C=O) groups is 2. The van der Waals surface area contributed by atoms with Gasteiger partial charge in [-0.3, -0.25) is 14.9 Å². The van der Waals surface area contributed by atoms with Crippen LogP contribution in [-0.2, 0) is 16.8 Å². The average Bonchev–Trinajstić information content (AvgIpc) is 2.77. The number of amides is 1. The van der Waals surface area contributed by atoms with Crippen LogP contribution in [0.25, 0.3) is 0 Å². The molecule has 0 bridgehead atoms. The van der Waals surface area contributed by atoms with Crippen molar-refractivity contribution in [3.63, 3.8) is 0 Å². The number of nitrogens with zero attached hydrogens (tertiary/aromatic N) is 1. The fourth-order valence-electron chi connectivity index (χ4n) is 3.04. The topological polar surface area (TPSA) is 98.5 Å². The third-order valence-corrected chi connectivity index (χ3v) is 4.86. The van der Waals surface area contributed by atoms with Crippen LogP contribution in [0.15, 0.2) is 72.8 Å². The summed E-state index contributed by atoms with van der Waals surface area (Å²) in [6.07, 6.45) is 0. The van der Waals surface area contributed by atoms with Crippen LogP contribution in [-0.4, -0.2) is 16.8 Å². The molecule has 164 valence electrons. The van der Waals surface area contributed by atoms with Crippen LogP contribution in [0.5, 0.6) is 0 Å². The van der Waals surface area contributed by atoms with Gasteiger partial charge in [0.2, 0.25) is 0 Å². The molecule has 0 saturated carbocycles. The zero-order chi connectivity index (χ0) is 23.3. The molecule has 3 aromatic carbocycles. The number of esters is 1. The molecule has 32 heavy (non-hydrogen) atoms. The van der Waals surface area contributed by atoms with Crippen molar-refractivity contribution >= 4 is 23.3 Å². The summed E-state index contributed by atoms with van der Waals surface area (Å²) in [4.78, 5) is 35.3. The molecule has 0 aliphatic carbocycles. The fourth-order valence-corrected chi connectivity index (χ4v) is 3.04. The molecule has 1 N–H and O–H groups in total. The van der Waals surface area contributed by atoms with Crippen molar-refractivity contribution in [2.24, 2.45) is 0 Å². The number of nitro groups is 1. The van der Waals surface area contributed by atoms with Gasteiger partial charge in [-0.05, 0) is 46.9 Å². The lowest BCUT2D eigenvalue weighted by molar-refractivity contribution is -0.384. The number of nitrogens with one attached hydrogen (secondary N) is 1. The van der Waals surface area contributed by atoms with E-state index in [0.717, 1.165) is 5.56 Å². The standard InChI is InChI=1S/C25H24N2O5/c1-25(2,3)20-12-10-18(11-13-20)23(28)26-21-8-5-7-19(15-21)24(29)32-16-17-6-4-9-22(14-17)27(30)31/h4-15H,16H2,1-3H3,(H,26,28). The maximum Gasteiger partial charge on any atom is 0.338 e. The minimum Gasteiger partial charge on any atom is -0.457 e. The van der Waals surface area contributed by atoms with Gasteiger partial charge in [0.1, 0.15) is 6.61 Å². The van der Waals surface area contributed by atoms with E-state index in [0.29, 0.717) is 16.8 Å². The van der Waals surface area contributed by atoms with Gasteiger partial charge in [-0.1, -0.05) is 51.1 Å². The molecule has 0 spiro atoms. The van der Waals surface area contributed by atoms with E-state index in [1.54, 1.807) is 36.4 Å². The van der Waals surface area contributed by atoms with E-state index in [1.807, 2.05) is 12.1 Å². The second kappa shape index (κ2) is 9.43. The fraction of sp³-hybridized carbons (Fsp3) is 0.200. The van der Waals surface area contributed by atoms with Gasteiger partial charge in [0, 0.05) is 23.4 Å². The summed E-state index contributed by atoms with van der Waals surface area (Å²) < 4.78 is 5.26. The number of nitro benzene ring substituents is 1. The van der Waals surface area contributed by atoms with E-state index in [2.05, 4.69) is 26.1 Å². The predicted molar refractivity (Wildman–Crippen MR) is 122 cm³/mol. The van der Waals surface area contributed by atoms with E-state index >= 15 is 0 Å². The van der Waals surface area contributed by atoms with Gasteiger partial charge in [0.15, 0.2) is 0 Å². The SMILES string of the molecule is CC(C)(C)c1ccc(C(=O)Nc2cccc(C(=O)OCc3cccc([N+](=O)[O-])c3)c2)cc1. The van der Waals surface area contributed by atoms with Crippen LogP contribution in [0.3, 0.4) is 0 Å². The Morgan fingerprint density at radius 3 is 2.28 bits per heavy atom. The monoisotopic (exact) mass is 432 g/mol. The van der Waals surface area contributed by atoms with Gasteiger partial charge < -0.3 is 10.1 Å². The molecule has 0 fully saturated rings. The van der Waals surface area contributed by atoms with Crippen LogP contribution in [0.1, 0.15) is 52.6 Å². The van der Waals surface area contributed by atoms with Crippen molar-refractivity contribution in [2.75, 3.05) is 5.32 Å². The molecule has 0 unspecified atom stereocenters. The largest absolute Gasteiger partial charge is 0.457 e. The second-order valence-corrected chi connectivity index (χ2v) is 8.37. The molecular formula is C25H24N2O5. The van der Waals surface area contributed by atoms with E-state index in [4.69, 9.17) is 4.74 Å². The molecule has 7 heteroatoms. The van der Waals surface area contributed by atoms with Crippen LogP contribution in [0.4, 0.5) is 11.4 Å². The van der Waals surface area contributed by atoms with Crippen molar-refractivity contribution in [1.82, 2.24) is 0 Å². The summed E-state index contributed by atoms with van der Waals surface area (Å²) in [6, 6.07) is 19.7. The van der Waals surface area contributed by atoms with Crippen molar-refractivity contribution in [1.29, 1.82) is 0 Å². The third-order valence-electron chi connectivity index (χ3n) is 4.86. The number of hydrogen-bond donors (Lipinski definition) is 1. The number of benzene rings is 3. The minimum absolute atomic E-state index is 0.00559. The highest BCUT2D eigenvalue weighted by molar-refractivity contribution is 6.04. The van der Waals surface area contributed by atoms with Crippen LogP contribution in [0.2, 0.25) is 0 Å². The van der Waals surface area contributed by atoms with E-state index < -0.39 is 10.9 Å². The minimum atomic E-state index is -0.595. The van der Waals surface area contributed by atoms with Crippen LogP contribution in [0, 0.1) is 10.1 Å². The molecule has 0 atom stereocenters. The first-order chi connectivity index (χ1) is 15.1. The summed E-state index contributed by atoms with van der Waals surface area (Å²) in [5.41, 5.74) is 2.79. The molecule has 3 aromatic rings. The van der Waals surface area contributed by atoms with E-state index in [1.165, 1.54) is 24.3 Å². The first-order valence-electron chi connectivity index (χ1n) is 10.1. The Kier molecular flexibility index (Phi) is 6.68. The predicted octanol–water partition coefficient (Wildman–Crippen LogP) is 5.50. The van der Waals surface area contributed by atoms with Gasteiger partial charge in [-0.25, -0.2) is 4.79 Å². The lowest BCUT2D eigenvalue weighted by Gasteiger charge is -2.19. The van der Waals surface area contributed by atoms with Crippen molar-refractivity contribution in [3.8, 4) is 0 Å². The number of ether oxygens (including phenoxy) is 1. The molecule has 1 amide bonds. The number of rotatable bonds is 6. The van der Waals surface area contributed by atoms with Gasteiger partial charge in [-0.2, -0.15) is 0 Å². The summed E-state index contributed by atoms with van der Waals surface area (Å²) in [5.74, 6) is -0.880. The van der Waals surface area contributed by atoms with Gasteiger partial charge in [0.05, 0.1) is 10.5 Å². The Morgan fingerprint density at radius 2 is 1.62 bits per heavy atom. The van der Waals surface area contributed by atoms with Crippen molar-refractivity contribution < 1.29 is 19.2 Å². The summed E-state index contributed by atoms with van der Waals surface area (Å²) >= 11 is 0. The normalized spacial score (nSPS) is 11.0. The Hall–Kier alpha value is -4.00. The first-order valence-corrected chi connectivity index (χ1v) is 10.1. The van der Waals surface area contributed by atoms with Gasteiger partial charge in [0.25, 0.3) is 11.6 Å². The number of hydrogen-bond acceptors (Lipinski definition) is 5. The summed E-state index contributed by atoms with van der Waals surface area (Å²) in [6.45, 7) is 6.21. The molecule has 3 rings (SSSR count). The zero-order valence-corrected chi connectivity index (χ0v) is 18.1. The molecule has 0 aliphatic rings. The highest BCUT2D eigenvalue weighted by atomic mass is 16.6. The number of anilines is 1. The Labute approximate surface area is 186 Å². The van der Waals surface area contributed by atoms with Crippen molar-refractivity contribution in [3.05, 3.63) is 105 Å². The van der Waals surface area contributed by atoms with Crippen LogP contribution >= 0.6 is 0 Å². The van der Waals surface area contributed by atoms with Gasteiger partial charge >= 0.3 is 5.97 Å². The maximum atomic E-state index is 12.6. The van der Waals surface area contributed by atoms with Gasteiger partial charge in [-0.15, -0.1) is 0 Å². The highest BCUT2D eigenvalue weighted by Crippen LogP contribution is 2.23. The smallest absolute Gasteiger partial charge is 0.338 e. The summed E-state index contributed by atoms with van der Waals surface area (Å²) in [5, 5.41) is 13.6. The lowest BCUT2D eigenvalue weighted by Crippen LogP contribution is -2.14. The third kappa shape index (κ3) is 5.78. The molecule has 0 heterocycles. The van der Waals surface area contributed by atoms with Crippen LogP contribution < -0.4 is 5.32 Å². The summed E-state index contributed by atoms with van der Waals surface area (Å²) in [7, 11) is 0. The Bertz CT molecular complexity index is 1150.